The van der Waals surface area contributed by atoms with E-state index < -0.39 is 0 Å². The van der Waals surface area contributed by atoms with Crippen LogP contribution in [0.25, 0.3) is 10.8 Å². The number of nitrogens with one attached hydrogen (secondary N) is 1. The lowest BCUT2D eigenvalue weighted by Crippen LogP contribution is -2.25. The third kappa shape index (κ3) is 3.17. The second-order valence-corrected chi connectivity index (χ2v) is 7.20. The fourth-order valence-electron chi connectivity index (χ4n) is 3.72. The summed E-state index contributed by atoms with van der Waals surface area (Å²) >= 11 is 5.39. The van der Waals surface area contributed by atoms with E-state index in [0.29, 0.717) is 34.9 Å². The first kappa shape index (κ1) is 19.8. The number of thiocarbonyl (C=S) groups is 1. The molecule has 3 aromatic carbocycles. The van der Waals surface area contributed by atoms with Crippen molar-refractivity contribution in [2.45, 2.75) is 6.92 Å². The molecule has 1 heterocycles. The molecule has 0 spiro atoms. The molecule has 0 saturated carbocycles. The summed E-state index contributed by atoms with van der Waals surface area (Å²) in [7, 11) is 3.04. The van der Waals surface area contributed by atoms with Crippen LogP contribution < -0.4 is 19.7 Å². The van der Waals surface area contributed by atoms with Crippen LogP contribution in [0.15, 0.2) is 48.5 Å². The molecule has 7 heteroatoms. The number of methoxy groups -OCH3 is 2. The number of rotatable bonds is 6. The predicted octanol–water partition coefficient (Wildman–Crippen LogP) is 4.46. The van der Waals surface area contributed by atoms with Gasteiger partial charge in [0.15, 0.2) is 4.99 Å². The van der Waals surface area contributed by atoms with Crippen molar-refractivity contribution in [1.82, 2.24) is 0 Å². The maximum Gasteiger partial charge on any atom is 0.258 e. The third-order valence-corrected chi connectivity index (χ3v) is 5.46. The quantitative estimate of drug-likeness (QED) is 0.469. The Morgan fingerprint density at radius 3 is 2.40 bits per heavy atom. The van der Waals surface area contributed by atoms with Crippen molar-refractivity contribution in [3.8, 4) is 11.5 Å². The van der Waals surface area contributed by atoms with E-state index in [9.17, 15) is 9.59 Å². The molecule has 152 valence electrons. The third-order valence-electron chi connectivity index (χ3n) is 5.17. The number of ether oxygens (including phenoxy) is 2. The second kappa shape index (κ2) is 7.76. The molecule has 0 aromatic heterocycles. The second-order valence-electron chi connectivity index (χ2n) is 6.79. The normalized spacial score (nSPS) is 12.2. The molecule has 0 atom stereocenters. The number of hydrogen-bond acceptors (Lipinski definition) is 5. The van der Waals surface area contributed by atoms with Gasteiger partial charge in [-0.3, -0.25) is 9.59 Å². The number of hydrogen-bond donors (Lipinski definition) is 1. The summed E-state index contributed by atoms with van der Waals surface area (Å²) < 4.78 is 10.5. The van der Waals surface area contributed by atoms with E-state index in [1.165, 1.54) is 14.2 Å². The van der Waals surface area contributed by atoms with Gasteiger partial charge in [0.25, 0.3) is 5.91 Å². The van der Waals surface area contributed by atoms with E-state index >= 15 is 0 Å². The number of carbonyl (C=O) groups is 2. The van der Waals surface area contributed by atoms with Crippen LogP contribution in [0.3, 0.4) is 0 Å². The van der Waals surface area contributed by atoms with E-state index in [0.717, 1.165) is 16.5 Å². The molecule has 4 rings (SSSR count). The molecule has 1 aliphatic rings. The highest BCUT2D eigenvalue weighted by molar-refractivity contribution is 7.82. The van der Waals surface area contributed by atoms with Gasteiger partial charge in [-0.05, 0) is 37.3 Å². The Bertz CT molecular complexity index is 1180. The molecule has 0 aliphatic carbocycles. The van der Waals surface area contributed by atoms with Crippen molar-refractivity contribution < 1.29 is 19.1 Å². The number of amides is 1. The zero-order chi connectivity index (χ0) is 21.4. The van der Waals surface area contributed by atoms with Crippen LogP contribution in [0, 0.1) is 0 Å². The van der Waals surface area contributed by atoms with Gasteiger partial charge in [0.05, 0.1) is 19.9 Å². The summed E-state index contributed by atoms with van der Waals surface area (Å²) in [6.07, 6.45) is 0. The number of ketones is 1. The van der Waals surface area contributed by atoms with Crippen molar-refractivity contribution in [2.24, 2.45) is 0 Å². The minimum Gasteiger partial charge on any atom is -0.497 e. The SMILES string of the molecule is CCN1C(=O)c2cccc3c(NC(=S)C(=O)c4cc(OC)cc(OC)c4)ccc1c23. The Kier molecular flexibility index (Phi) is 5.13. The molecule has 3 aromatic rings. The van der Waals surface area contributed by atoms with E-state index in [1.54, 1.807) is 23.1 Å². The van der Waals surface area contributed by atoms with Gasteiger partial charge in [-0.15, -0.1) is 0 Å². The number of nitrogens with zero attached hydrogens (tertiary/aromatic N) is 1. The zero-order valence-electron chi connectivity index (χ0n) is 16.8. The summed E-state index contributed by atoms with van der Waals surface area (Å²) in [6, 6.07) is 14.2. The molecule has 1 N–H and O–H groups in total. The van der Waals surface area contributed by atoms with Gasteiger partial charge < -0.3 is 19.7 Å². The molecule has 0 unspecified atom stereocenters. The van der Waals surface area contributed by atoms with Crippen molar-refractivity contribution >= 4 is 51.0 Å². The average molecular weight is 420 g/mol. The zero-order valence-corrected chi connectivity index (χ0v) is 17.6. The molecular formula is C23H20N2O4S. The molecule has 1 amide bonds. The van der Waals surface area contributed by atoms with E-state index in [1.807, 2.05) is 37.3 Å². The van der Waals surface area contributed by atoms with E-state index in [2.05, 4.69) is 5.32 Å². The summed E-state index contributed by atoms with van der Waals surface area (Å²) in [5.41, 5.74) is 2.56. The molecule has 0 bridgehead atoms. The minimum atomic E-state index is -0.350. The fraction of sp³-hybridized carbons (Fsp3) is 0.174. The lowest BCUT2D eigenvalue weighted by atomic mass is 10.0. The standard InChI is InChI=1S/C23H20N2O4S/c1-4-25-19-9-8-18(16-6-5-7-17(20(16)19)23(25)27)24-22(30)21(26)13-10-14(28-2)12-15(11-13)29-3/h5-12H,4H2,1-3H3,(H,24,30). The number of Topliss-reactive ketones (excluding diaryl/α,β-unsaturated/α-hetero) is 1. The molecule has 1 aliphatic heterocycles. The van der Waals surface area contributed by atoms with E-state index in [4.69, 9.17) is 21.7 Å². The molecule has 30 heavy (non-hydrogen) atoms. The van der Waals surface area contributed by atoms with Crippen molar-refractivity contribution in [3.05, 3.63) is 59.7 Å². The average Bonchev–Trinajstić information content (AvgIpc) is 3.06. The maximum absolute atomic E-state index is 12.9. The van der Waals surface area contributed by atoms with Crippen LogP contribution in [0.2, 0.25) is 0 Å². The topological polar surface area (TPSA) is 67.9 Å². The van der Waals surface area contributed by atoms with Gasteiger partial charge >= 0.3 is 0 Å². The monoisotopic (exact) mass is 420 g/mol. The molecule has 0 fully saturated rings. The Hall–Kier alpha value is -3.45. The molecule has 0 saturated heterocycles. The predicted molar refractivity (Wildman–Crippen MR) is 121 cm³/mol. The minimum absolute atomic E-state index is 0.0163. The highest BCUT2D eigenvalue weighted by Crippen LogP contribution is 2.40. The van der Waals surface area contributed by atoms with Crippen LogP contribution in [0.1, 0.15) is 27.6 Å². The van der Waals surface area contributed by atoms with Gasteiger partial charge in [0, 0.05) is 40.2 Å². The summed E-state index contributed by atoms with van der Waals surface area (Å²) in [6.45, 7) is 2.53. The van der Waals surface area contributed by atoms with E-state index in [-0.39, 0.29) is 16.7 Å². The first-order valence-electron chi connectivity index (χ1n) is 9.44. The van der Waals surface area contributed by atoms with Gasteiger partial charge in [-0.2, -0.15) is 0 Å². The van der Waals surface area contributed by atoms with Crippen LogP contribution in [-0.4, -0.2) is 37.4 Å². The first-order valence-corrected chi connectivity index (χ1v) is 9.85. The maximum atomic E-state index is 12.9. The molecule has 0 radical (unpaired) electrons. The lowest BCUT2D eigenvalue weighted by molar-refractivity contribution is 0.0993. The smallest absolute Gasteiger partial charge is 0.258 e. The van der Waals surface area contributed by atoms with Gasteiger partial charge in [0.2, 0.25) is 5.78 Å². The Balaban J connectivity index is 1.69. The van der Waals surface area contributed by atoms with Crippen molar-refractivity contribution in [2.75, 3.05) is 31.0 Å². The Labute approximate surface area is 179 Å². The van der Waals surface area contributed by atoms with Gasteiger partial charge in [-0.1, -0.05) is 24.4 Å². The van der Waals surface area contributed by atoms with Gasteiger partial charge in [-0.25, -0.2) is 0 Å². The summed E-state index contributed by atoms with van der Waals surface area (Å²) in [4.78, 5) is 27.4. The van der Waals surface area contributed by atoms with Crippen LogP contribution >= 0.6 is 12.2 Å². The largest absolute Gasteiger partial charge is 0.497 e. The fourth-order valence-corrected chi connectivity index (χ4v) is 3.95. The number of carbonyl (C=O) groups excluding carboxylic acids is 2. The molecular weight excluding hydrogens is 400 g/mol. The number of benzene rings is 3. The van der Waals surface area contributed by atoms with Crippen LogP contribution in [0.5, 0.6) is 11.5 Å². The Morgan fingerprint density at radius 1 is 1.07 bits per heavy atom. The van der Waals surface area contributed by atoms with Gasteiger partial charge in [0.1, 0.15) is 11.5 Å². The highest BCUT2D eigenvalue weighted by atomic mass is 32.1. The Morgan fingerprint density at radius 2 is 1.77 bits per heavy atom. The molecule has 6 nitrogen and oxygen atoms in total. The lowest BCUT2D eigenvalue weighted by Gasteiger charge is -2.16. The highest BCUT2D eigenvalue weighted by Gasteiger charge is 2.29. The van der Waals surface area contributed by atoms with Crippen molar-refractivity contribution in [1.29, 1.82) is 0 Å². The summed E-state index contributed by atoms with van der Waals surface area (Å²) in [5.74, 6) is 0.641. The van der Waals surface area contributed by atoms with Crippen molar-refractivity contribution in [3.63, 3.8) is 0 Å². The first-order chi connectivity index (χ1) is 14.5. The van der Waals surface area contributed by atoms with Crippen LogP contribution in [-0.2, 0) is 0 Å². The number of anilines is 2. The van der Waals surface area contributed by atoms with Crippen LogP contribution in [0.4, 0.5) is 11.4 Å². The summed E-state index contributed by atoms with van der Waals surface area (Å²) in [5, 5.41) is 4.77.